The highest BCUT2D eigenvalue weighted by molar-refractivity contribution is 7.10. The van der Waals surface area contributed by atoms with Gasteiger partial charge in [-0.15, -0.1) is 11.3 Å². The van der Waals surface area contributed by atoms with Gasteiger partial charge in [0, 0.05) is 11.1 Å². The minimum Gasteiger partial charge on any atom is -0.414 e. The lowest BCUT2D eigenvalue weighted by Crippen LogP contribution is -2.52. The van der Waals surface area contributed by atoms with E-state index >= 15 is 0 Å². The van der Waals surface area contributed by atoms with Gasteiger partial charge in [0.2, 0.25) is 0 Å². The molecule has 5 heteroatoms. The standard InChI is InChI=1S/C19H28N2OSSi/c1-18(2,3)24(5,6)22-14-19(4)17(15-10-9-13-23-15)20-16-11-7-8-12-21(16)19/h7-13,17H,14H2,1-6H3. The van der Waals surface area contributed by atoms with E-state index in [1.807, 2.05) is 0 Å². The van der Waals surface area contributed by atoms with Gasteiger partial charge in [0.25, 0.3) is 0 Å². The molecular formula is C19H28N2OSSi. The van der Waals surface area contributed by atoms with Crippen LogP contribution < -0.4 is 0 Å². The molecule has 0 amide bonds. The van der Waals surface area contributed by atoms with Crippen LogP contribution >= 0.6 is 11.3 Å². The lowest BCUT2D eigenvalue weighted by molar-refractivity contribution is 0.124. The maximum atomic E-state index is 6.63. The first-order valence-corrected chi connectivity index (χ1v) is 12.3. The molecule has 0 saturated carbocycles. The molecule has 0 aromatic carbocycles. The van der Waals surface area contributed by atoms with Crippen molar-refractivity contribution in [1.82, 2.24) is 4.90 Å². The molecule has 0 N–H and O–H groups in total. The smallest absolute Gasteiger partial charge is 0.192 e. The first-order chi connectivity index (χ1) is 11.2. The van der Waals surface area contributed by atoms with Crippen molar-refractivity contribution in [2.45, 2.75) is 57.4 Å². The van der Waals surface area contributed by atoms with E-state index in [9.17, 15) is 0 Å². The van der Waals surface area contributed by atoms with E-state index in [0.717, 1.165) is 5.84 Å². The molecule has 130 valence electrons. The summed E-state index contributed by atoms with van der Waals surface area (Å²) in [6.45, 7) is 14.5. The van der Waals surface area contributed by atoms with Crippen LogP contribution in [0, 0.1) is 0 Å². The van der Waals surface area contributed by atoms with Crippen molar-refractivity contribution in [1.29, 1.82) is 0 Å². The van der Waals surface area contributed by atoms with E-state index in [2.05, 4.69) is 87.6 Å². The Labute approximate surface area is 150 Å². The highest BCUT2D eigenvalue weighted by Gasteiger charge is 2.49. The maximum absolute atomic E-state index is 6.63. The van der Waals surface area contributed by atoms with Gasteiger partial charge < -0.3 is 9.33 Å². The molecule has 2 aliphatic heterocycles. The molecule has 3 nitrogen and oxygen atoms in total. The average Bonchev–Trinajstić information content (AvgIpc) is 3.12. The molecule has 1 aromatic heterocycles. The monoisotopic (exact) mass is 360 g/mol. The SMILES string of the molecule is CC1(CO[Si](C)(C)C(C)(C)C)C(c2cccs2)N=C2C=CC=CN21. The molecule has 1 aromatic rings. The van der Waals surface area contributed by atoms with Gasteiger partial charge >= 0.3 is 0 Å². The molecule has 0 radical (unpaired) electrons. The second-order valence-electron chi connectivity index (χ2n) is 8.38. The highest BCUT2D eigenvalue weighted by atomic mass is 32.1. The average molecular weight is 361 g/mol. The van der Waals surface area contributed by atoms with Gasteiger partial charge in [-0.05, 0) is 48.7 Å². The number of nitrogens with zero attached hydrogens (tertiary/aromatic N) is 2. The van der Waals surface area contributed by atoms with Crippen molar-refractivity contribution in [2.75, 3.05) is 6.61 Å². The van der Waals surface area contributed by atoms with Crippen LogP contribution in [0.25, 0.3) is 0 Å². The molecule has 2 aliphatic rings. The summed E-state index contributed by atoms with van der Waals surface area (Å²) in [7, 11) is -1.81. The third kappa shape index (κ3) is 2.93. The first-order valence-electron chi connectivity index (χ1n) is 8.54. The summed E-state index contributed by atoms with van der Waals surface area (Å²) in [5.74, 6) is 1.04. The summed E-state index contributed by atoms with van der Waals surface area (Å²) >= 11 is 1.78. The Morgan fingerprint density at radius 1 is 1.33 bits per heavy atom. The number of hydrogen-bond acceptors (Lipinski definition) is 4. The fraction of sp³-hybridized carbons (Fsp3) is 0.526. The summed E-state index contributed by atoms with van der Waals surface area (Å²) in [4.78, 5) is 8.62. The van der Waals surface area contributed by atoms with Crippen molar-refractivity contribution in [3.8, 4) is 0 Å². The van der Waals surface area contributed by atoms with Crippen molar-refractivity contribution < 1.29 is 4.43 Å². The van der Waals surface area contributed by atoms with Crippen molar-refractivity contribution in [3.05, 3.63) is 46.8 Å². The van der Waals surface area contributed by atoms with Crippen LogP contribution in [0.4, 0.5) is 0 Å². The molecule has 0 spiro atoms. The number of amidine groups is 1. The third-order valence-corrected chi connectivity index (χ3v) is 11.0. The van der Waals surface area contributed by atoms with Gasteiger partial charge in [0.15, 0.2) is 8.32 Å². The number of aliphatic imine (C=N–C) groups is 1. The van der Waals surface area contributed by atoms with E-state index in [-0.39, 0.29) is 16.6 Å². The predicted octanol–water partition coefficient (Wildman–Crippen LogP) is 5.37. The second-order valence-corrected chi connectivity index (χ2v) is 14.2. The number of hydrogen-bond donors (Lipinski definition) is 0. The van der Waals surface area contributed by atoms with E-state index in [4.69, 9.17) is 9.42 Å². The van der Waals surface area contributed by atoms with Crippen LogP contribution in [0.3, 0.4) is 0 Å². The Hall–Kier alpha value is -1.17. The fourth-order valence-corrected chi connectivity index (χ4v) is 4.88. The summed E-state index contributed by atoms with van der Waals surface area (Å²) < 4.78 is 6.63. The molecular weight excluding hydrogens is 332 g/mol. The molecule has 24 heavy (non-hydrogen) atoms. The van der Waals surface area contributed by atoms with Gasteiger partial charge in [0.1, 0.15) is 11.9 Å². The Balaban J connectivity index is 1.90. The number of thiophene rings is 1. The van der Waals surface area contributed by atoms with Gasteiger partial charge in [-0.2, -0.15) is 0 Å². The van der Waals surface area contributed by atoms with Crippen LogP contribution in [-0.4, -0.2) is 31.2 Å². The van der Waals surface area contributed by atoms with E-state index < -0.39 is 8.32 Å². The zero-order valence-corrected chi connectivity index (χ0v) is 17.4. The summed E-state index contributed by atoms with van der Waals surface area (Å²) in [5, 5.41) is 2.34. The topological polar surface area (TPSA) is 24.8 Å². The quantitative estimate of drug-likeness (QED) is 0.675. The van der Waals surface area contributed by atoms with Crippen LogP contribution in [0.5, 0.6) is 0 Å². The highest BCUT2D eigenvalue weighted by Crippen LogP contribution is 2.45. The first kappa shape index (κ1) is 17.6. The minimum absolute atomic E-state index is 0.115. The van der Waals surface area contributed by atoms with Crippen molar-refractivity contribution in [2.24, 2.45) is 4.99 Å². The van der Waals surface area contributed by atoms with Crippen LogP contribution in [0.1, 0.15) is 38.6 Å². The number of allylic oxidation sites excluding steroid dienone is 2. The van der Waals surface area contributed by atoms with Crippen LogP contribution in [0.15, 0.2) is 46.9 Å². The zero-order valence-electron chi connectivity index (χ0n) is 15.5. The largest absolute Gasteiger partial charge is 0.414 e. The third-order valence-electron chi connectivity index (χ3n) is 5.58. The van der Waals surface area contributed by atoms with E-state index in [1.54, 1.807) is 11.3 Å². The molecule has 0 bridgehead atoms. The van der Waals surface area contributed by atoms with Gasteiger partial charge in [-0.3, -0.25) is 4.99 Å². The Morgan fingerprint density at radius 3 is 2.71 bits per heavy atom. The normalized spacial score (nSPS) is 26.7. The Bertz CT molecular complexity index is 685. The molecule has 2 atom stereocenters. The summed E-state index contributed by atoms with van der Waals surface area (Å²) in [6.07, 6.45) is 8.38. The lowest BCUT2D eigenvalue weighted by Gasteiger charge is -2.43. The second kappa shape index (κ2) is 5.97. The molecule has 2 unspecified atom stereocenters. The fourth-order valence-electron chi connectivity index (χ4n) is 2.88. The van der Waals surface area contributed by atoms with Gasteiger partial charge in [-0.25, -0.2) is 0 Å². The molecule has 0 saturated heterocycles. The summed E-state index contributed by atoms with van der Waals surface area (Å²) in [6, 6.07) is 4.42. The molecule has 0 fully saturated rings. The molecule has 0 aliphatic carbocycles. The molecule has 3 rings (SSSR count). The van der Waals surface area contributed by atoms with Crippen LogP contribution in [0.2, 0.25) is 18.1 Å². The van der Waals surface area contributed by atoms with Crippen molar-refractivity contribution >= 4 is 25.5 Å². The Morgan fingerprint density at radius 2 is 2.08 bits per heavy atom. The molecule has 3 heterocycles. The lowest BCUT2D eigenvalue weighted by atomic mass is 9.92. The maximum Gasteiger partial charge on any atom is 0.192 e. The van der Waals surface area contributed by atoms with Crippen LogP contribution in [-0.2, 0) is 4.43 Å². The number of rotatable bonds is 4. The van der Waals surface area contributed by atoms with Crippen molar-refractivity contribution in [3.63, 3.8) is 0 Å². The van der Waals surface area contributed by atoms with Gasteiger partial charge in [-0.1, -0.05) is 32.9 Å². The van der Waals surface area contributed by atoms with E-state index in [0.29, 0.717) is 6.61 Å². The zero-order chi connectivity index (χ0) is 17.6. The minimum atomic E-state index is -1.81. The predicted molar refractivity (Wildman–Crippen MR) is 106 cm³/mol. The number of fused-ring (bicyclic) bond motifs is 1. The Kier molecular flexibility index (Phi) is 4.39. The summed E-state index contributed by atoms with van der Waals surface area (Å²) in [5.41, 5.74) is -0.184. The van der Waals surface area contributed by atoms with E-state index in [1.165, 1.54) is 4.88 Å². The van der Waals surface area contributed by atoms with Gasteiger partial charge in [0.05, 0.1) is 12.1 Å².